The van der Waals surface area contributed by atoms with Crippen LogP contribution in [0.3, 0.4) is 0 Å². The standard InChI is InChI=1S/C60H37NO2S/c1-5-16-38(17-6-1)42-28-30-49-55(36-42)64-60-46(41-22-11-4-12-23-41)33-34-51(57(49)60)61(52-26-15-25-48-47-24-13-14-27-53(47)62-58(48)52)43-29-35-54-50(37-43)56-44(39-18-7-2-8-19-39)31-32-45(59(56)63-54)40-20-9-3-10-21-40/h1-37H. The van der Waals surface area contributed by atoms with Crippen LogP contribution in [-0.4, -0.2) is 0 Å². The van der Waals surface area contributed by atoms with E-state index in [1.54, 1.807) is 0 Å². The lowest BCUT2D eigenvalue weighted by atomic mass is 9.94. The number of nitrogens with zero attached hydrogens (tertiary/aromatic N) is 1. The third kappa shape index (κ3) is 5.81. The Balaban J connectivity index is 1.13. The van der Waals surface area contributed by atoms with Gasteiger partial charge in [0.2, 0.25) is 0 Å². The average Bonchev–Trinajstić information content (AvgIpc) is 4.07. The molecular weight excluding hydrogens is 799 g/mol. The summed E-state index contributed by atoms with van der Waals surface area (Å²) in [6.07, 6.45) is 0. The third-order valence-corrected chi connectivity index (χ3v) is 13.9. The van der Waals surface area contributed by atoms with Crippen LogP contribution in [0.25, 0.3) is 109 Å². The maximum atomic E-state index is 6.95. The minimum absolute atomic E-state index is 0.834. The van der Waals surface area contributed by atoms with Gasteiger partial charge in [0.05, 0.1) is 11.4 Å². The smallest absolute Gasteiger partial charge is 0.159 e. The van der Waals surface area contributed by atoms with E-state index in [0.717, 1.165) is 83.2 Å². The summed E-state index contributed by atoms with van der Waals surface area (Å²) in [5, 5.41) is 6.71. The number of benzene rings is 10. The van der Waals surface area contributed by atoms with Gasteiger partial charge in [-0.3, -0.25) is 0 Å². The molecule has 0 N–H and O–H groups in total. The largest absolute Gasteiger partial charge is 0.455 e. The number of hydrogen-bond donors (Lipinski definition) is 0. The lowest BCUT2D eigenvalue weighted by molar-refractivity contribution is 0.669. The Hall–Kier alpha value is -8.18. The summed E-state index contributed by atoms with van der Waals surface area (Å²) >= 11 is 1.86. The Morgan fingerprint density at radius 2 is 0.922 bits per heavy atom. The van der Waals surface area contributed by atoms with Crippen molar-refractivity contribution in [3.8, 4) is 44.5 Å². The number of fused-ring (bicyclic) bond motifs is 9. The van der Waals surface area contributed by atoms with Gasteiger partial charge in [-0.05, 0) is 87.5 Å². The van der Waals surface area contributed by atoms with Gasteiger partial charge in [0.15, 0.2) is 5.58 Å². The van der Waals surface area contributed by atoms with Crippen molar-refractivity contribution in [2.45, 2.75) is 0 Å². The normalized spacial score (nSPS) is 11.8. The first-order valence-corrected chi connectivity index (χ1v) is 22.5. The fraction of sp³-hybridized carbons (Fsp3) is 0. The Morgan fingerprint density at radius 1 is 0.328 bits per heavy atom. The van der Waals surface area contributed by atoms with Crippen LogP contribution in [0.15, 0.2) is 233 Å². The van der Waals surface area contributed by atoms with E-state index < -0.39 is 0 Å². The van der Waals surface area contributed by atoms with E-state index >= 15 is 0 Å². The highest BCUT2D eigenvalue weighted by Crippen LogP contribution is 2.52. The molecule has 0 spiro atoms. The molecule has 0 aliphatic heterocycles. The Morgan fingerprint density at radius 3 is 1.67 bits per heavy atom. The summed E-state index contributed by atoms with van der Waals surface area (Å²) in [4.78, 5) is 2.42. The van der Waals surface area contributed by atoms with E-state index in [1.165, 1.54) is 42.4 Å². The van der Waals surface area contributed by atoms with Crippen molar-refractivity contribution in [1.29, 1.82) is 0 Å². The zero-order chi connectivity index (χ0) is 42.1. The molecule has 0 saturated carbocycles. The van der Waals surface area contributed by atoms with Crippen molar-refractivity contribution in [2.24, 2.45) is 0 Å². The number of anilines is 3. The van der Waals surface area contributed by atoms with E-state index in [2.05, 4.69) is 223 Å². The fourth-order valence-corrected chi connectivity index (χ4v) is 11.0. The molecule has 0 aliphatic carbocycles. The van der Waals surface area contributed by atoms with Crippen LogP contribution < -0.4 is 4.90 Å². The van der Waals surface area contributed by atoms with Crippen LogP contribution in [0.2, 0.25) is 0 Å². The van der Waals surface area contributed by atoms with Crippen LogP contribution in [0.5, 0.6) is 0 Å². The topological polar surface area (TPSA) is 29.5 Å². The predicted octanol–water partition coefficient (Wildman–Crippen LogP) is 18.0. The number of furan rings is 2. The Labute approximate surface area is 373 Å². The highest BCUT2D eigenvalue weighted by molar-refractivity contribution is 7.26. The zero-order valence-electron chi connectivity index (χ0n) is 34.5. The van der Waals surface area contributed by atoms with Gasteiger partial charge in [-0.1, -0.05) is 176 Å². The minimum Gasteiger partial charge on any atom is -0.455 e. The van der Waals surface area contributed by atoms with Crippen molar-refractivity contribution in [3.63, 3.8) is 0 Å². The van der Waals surface area contributed by atoms with Gasteiger partial charge in [-0.15, -0.1) is 11.3 Å². The molecule has 4 heteroatoms. The molecule has 0 radical (unpaired) electrons. The van der Waals surface area contributed by atoms with Crippen molar-refractivity contribution in [1.82, 2.24) is 0 Å². The van der Waals surface area contributed by atoms with Gasteiger partial charge >= 0.3 is 0 Å². The molecule has 0 atom stereocenters. The van der Waals surface area contributed by atoms with Crippen LogP contribution in [0.1, 0.15) is 0 Å². The van der Waals surface area contributed by atoms with Crippen LogP contribution >= 0.6 is 11.3 Å². The molecule has 0 aliphatic rings. The summed E-state index contributed by atoms with van der Waals surface area (Å²) in [6, 6.07) is 80.2. The first-order valence-electron chi connectivity index (χ1n) is 21.7. The first-order chi connectivity index (χ1) is 31.7. The zero-order valence-corrected chi connectivity index (χ0v) is 35.4. The van der Waals surface area contributed by atoms with E-state index in [4.69, 9.17) is 8.83 Å². The molecule has 0 fully saturated rings. The maximum Gasteiger partial charge on any atom is 0.159 e. The van der Waals surface area contributed by atoms with Gasteiger partial charge in [-0.2, -0.15) is 0 Å². The summed E-state index contributed by atoms with van der Waals surface area (Å²) in [6.45, 7) is 0. The molecule has 13 aromatic rings. The molecule has 3 heterocycles. The van der Waals surface area contributed by atoms with Crippen LogP contribution in [0.4, 0.5) is 17.1 Å². The van der Waals surface area contributed by atoms with Crippen LogP contribution in [-0.2, 0) is 0 Å². The SMILES string of the molecule is c1ccc(-c2ccc3c(c2)sc2c(-c4ccccc4)ccc(N(c4ccc5oc6c(-c7ccccc7)ccc(-c7ccccc7)c6c5c4)c4cccc5c4oc4ccccc45)c23)cc1. The van der Waals surface area contributed by atoms with E-state index in [9.17, 15) is 0 Å². The second-order valence-electron chi connectivity index (χ2n) is 16.3. The Kier molecular flexibility index (Phi) is 8.40. The quantitative estimate of drug-likeness (QED) is 0.160. The third-order valence-electron chi connectivity index (χ3n) is 12.7. The molecule has 13 rings (SSSR count). The molecular formula is C60H37NO2S. The summed E-state index contributed by atoms with van der Waals surface area (Å²) in [7, 11) is 0. The molecule has 0 amide bonds. The predicted molar refractivity (Wildman–Crippen MR) is 270 cm³/mol. The maximum absolute atomic E-state index is 6.95. The highest BCUT2D eigenvalue weighted by Gasteiger charge is 2.26. The second-order valence-corrected chi connectivity index (χ2v) is 17.4. The number of rotatable bonds is 7. The molecule has 3 aromatic heterocycles. The lowest BCUT2D eigenvalue weighted by Crippen LogP contribution is -2.10. The number of hydrogen-bond acceptors (Lipinski definition) is 4. The average molecular weight is 836 g/mol. The monoisotopic (exact) mass is 835 g/mol. The Bertz CT molecular complexity index is 3890. The minimum atomic E-state index is 0.834. The fourth-order valence-electron chi connectivity index (χ4n) is 9.73. The van der Waals surface area contributed by atoms with Gasteiger partial charge in [0.1, 0.15) is 16.7 Å². The van der Waals surface area contributed by atoms with Gasteiger partial charge < -0.3 is 13.7 Å². The highest BCUT2D eigenvalue weighted by atomic mass is 32.1. The van der Waals surface area contributed by atoms with E-state index in [1.807, 2.05) is 17.4 Å². The molecule has 64 heavy (non-hydrogen) atoms. The van der Waals surface area contributed by atoms with Crippen LogP contribution in [0, 0.1) is 0 Å². The summed E-state index contributed by atoms with van der Waals surface area (Å²) < 4.78 is 16.3. The summed E-state index contributed by atoms with van der Waals surface area (Å²) in [5.74, 6) is 0. The number of para-hydroxylation sites is 2. The molecule has 300 valence electrons. The lowest BCUT2D eigenvalue weighted by Gasteiger charge is -2.27. The van der Waals surface area contributed by atoms with Crippen molar-refractivity contribution in [3.05, 3.63) is 224 Å². The first kappa shape index (κ1) is 36.5. The van der Waals surface area contributed by atoms with Gasteiger partial charge in [0.25, 0.3) is 0 Å². The molecule has 0 unspecified atom stereocenters. The molecule has 10 aromatic carbocycles. The van der Waals surface area contributed by atoms with E-state index in [0.29, 0.717) is 0 Å². The second kappa shape index (κ2) is 14.7. The summed E-state index contributed by atoms with van der Waals surface area (Å²) in [5.41, 5.74) is 15.7. The molecule has 0 bridgehead atoms. The molecule has 3 nitrogen and oxygen atoms in total. The molecule has 0 saturated heterocycles. The number of thiophene rings is 1. The van der Waals surface area contributed by atoms with Gasteiger partial charge in [0, 0.05) is 53.0 Å². The van der Waals surface area contributed by atoms with Crippen molar-refractivity contribution >= 4 is 92.4 Å². The van der Waals surface area contributed by atoms with Crippen molar-refractivity contribution < 1.29 is 8.83 Å². The van der Waals surface area contributed by atoms with Gasteiger partial charge in [-0.25, -0.2) is 0 Å². The van der Waals surface area contributed by atoms with Crippen molar-refractivity contribution in [2.75, 3.05) is 4.90 Å². The van der Waals surface area contributed by atoms with E-state index in [-0.39, 0.29) is 0 Å².